The van der Waals surface area contributed by atoms with Gasteiger partial charge in [-0.05, 0) is 61.5 Å². The maximum Gasteiger partial charge on any atom is 0.416 e. The zero-order valence-corrected chi connectivity index (χ0v) is 19.4. The molecule has 1 unspecified atom stereocenters. The van der Waals surface area contributed by atoms with Gasteiger partial charge in [-0.1, -0.05) is 25.0 Å². The first-order chi connectivity index (χ1) is 16.2. The van der Waals surface area contributed by atoms with Crippen LogP contribution < -0.4 is 10.2 Å². The molecule has 2 amide bonds. The molecule has 1 aliphatic rings. The van der Waals surface area contributed by atoms with Gasteiger partial charge >= 0.3 is 6.18 Å². The minimum Gasteiger partial charge on any atom is -0.464 e. The molecule has 0 saturated heterocycles. The number of nitrogens with one attached hydrogen (secondary N) is 1. The van der Waals surface area contributed by atoms with Gasteiger partial charge in [0.2, 0.25) is 5.91 Å². The Kier molecular flexibility index (Phi) is 7.11. The summed E-state index contributed by atoms with van der Waals surface area (Å²) in [6, 6.07) is 10.0. The topological polar surface area (TPSA) is 62.6 Å². The number of hydrogen-bond acceptors (Lipinski definition) is 4. The quantitative estimate of drug-likeness (QED) is 0.439. The molecule has 1 atom stereocenters. The van der Waals surface area contributed by atoms with Gasteiger partial charge in [-0.15, -0.1) is 11.3 Å². The van der Waals surface area contributed by atoms with Crippen LogP contribution in [0.5, 0.6) is 0 Å². The lowest BCUT2D eigenvalue weighted by Gasteiger charge is -2.31. The first kappa shape index (κ1) is 24.1. The van der Waals surface area contributed by atoms with Crippen molar-refractivity contribution in [3.63, 3.8) is 0 Å². The van der Waals surface area contributed by atoms with Crippen molar-refractivity contribution in [3.8, 4) is 0 Å². The Morgan fingerprint density at radius 3 is 2.53 bits per heavy atom. The van der Waals surface area contributed by atoms with E-state index >= 15 is 0 Å². The molecule has 0 spiro atoms. The minimum absolute atomic E-state index is 0.0167. The van der Waals surface area contributed by atoms with Crippen LogP contribution in [0.4, 0.5) is 18.9 Å². The number of amides is 2. The van der Waals surface area contributed by atoms with E-state index in [1.807, 2.05) is 5.38 Å². The third-order valence-corrected chi connectivity index (χ3v) is 6.74. The average Bonchev–Trinajstić information content (AvgIpc) is 3.55. The van der Waals surface area contributed by atoms with Crippen LogP contribution in [-0.2, 0) is 22.2 Å². The molecule has 1 saturated carbocycles. The summed E-state index contributed by atoms with van der Waals surface area (Å²) >= 11 is 1.37. The second-order valence-electron chi connectivity index (χ2n) is 8.41. The normalized spacial score (nSPS) is 15.3. The Morgan fingerprint density at radius 2 is 1.91 bits per heavy atom. The van der Waals surface area contributed by atoms with Crippen LogP contribution in [-0.4, -0.2) is 17.9 Å². The van der Waals surface area contributed by atoms with E-state index < -0.39 is 29.6 Å². The molecule has 9 heteroatoms. The fraction of sp³-hybridized carbons (Fsp3) is 0.360. The molecular weight excluding hydrogens is 465 g/mol. The summed E-state index contributed by atoms with van der Waals surface area (Å²) in [4.78, 5) is 29.0. The van der Waals surface area contributed by atoms with Gasteiger partial charge in [0.15, 0.2) is 6.04 Å². The van der Waals surface area contributed by atoms with E-state index in [9.17, 15) is 22.8 Å². The first-order valence-electron chi connectivity index (χ1n) is 11.1. The minimum atomic E-state index is -4.60. The van der Waals surface area contributed by atoms with E-state index in [0.717, 1.165) is 47.6 Å². The van der Waals surface area contributed by atoms with E-state index in [2.05, 4.69) is 5.32 Å². The highest BCUT2D eigenvalue weighted by atomic mass is 32.1. The SMILES string of the molecule is Cc1ccc(C(C(=O)NC2CCCC2)N(C(=O)Cc2cccs2)c2cccc(C(F)(F)F)c2)o1. The van der Waals surface area contributed by atoms with Gasteiger partial charge in [0.05, 0.1) is 12.0 Å². The maximum atomic E-state index is 13.6. The predicted octanol–water partition coefficient (Wildman–Crippen LogP) is 6.04. The number of thiophene rings is 1. The van der Waals surface area contributed by atoms with Crippen LogP contribution in [0.3, 0.4) is 0 Å². The summed E-state index contributed by atoms with van der Waals surface area (Å²) in [5.41, 5.74) is -0.915. The van der Waals surface area contributed by atoms with Crippen molar-refractivity contribution in [2.24, 2.45) is 0 Å². The summed E-state index contributed by atoms with van der Waals surface area (Å²) in [6.45, 7) is 1.71. The molecule has 0 aliphatic heterocycles. The van der Waals surface area contributed by atoms with Gasteiger partial charge < -0.3 is 9.73 Å². The highest BCUT2D eigenvalue weighted by Gasteiger charge is 2.38. The molecule has 2 aromatic heterocycles. The van der Waals surface area contributed by atoms with Crippen molar-refractivity contribution in [1.29, 1.82) is 0 Å². The smallest absolute Gasteiger partial charge is 0.416 e. The number of benzene rings is 1. The summed E-state index contributed by atoms with van der Waals surface area (Å²) in [6.07, 6.45) is -1.03. The summed E-state index contributed by atoms with van der Waals surface area (Å²) in [7, 11) is 0. The molecule has 34 heavy (non-hydrogen) atoms. The Hall–Kier alpha value is -3.07. The van der Waals surface area contributed by atoms with Crippen molar-refractivity contribution < 1.29 is 27.2 Å². The first-order valence-corrected chi connectivity index (χ1v) is 12.0. The van der Waals surface area contributed by atoms with Crippen molar-refractivity contribution >= 4 is 28.8 Å². The van der Waals surface area contributed by atoms with E-state index in [1.54, 1.807) is 31.2 Å². The molecule has 1 N–H and O–H groups in total. The van der Waals surface area contributed by atoms with Gasteiger partial charge in [0, 0.05) is 16.6 Å². The number of nitrogens with zero attached hydrogens (tertiary/aromatic N) is 1. The fourth-order valence-electron chi connectivity index (χ4n) is 4.24. The van der Waals surface area contributed by atoms with Crippen molar-refractivity contribution in [1.82, 2.24) is 5.32 Å². The number of halogens is 3. The Balaban J connectivity index is 1.78. The number of aryl methyl sites for hydroxylation is 1. The average molecular weight is 491 g/mol. The lowest BCUT2D eigenvalue weighted by molar-refractivity contribution is -0.137. The van der Waals surface area contributed by atoms with E-state index in [0.29, 0.717) is 5.76 Å². The van der Waals surface area contributed by atoms with E-state index in [1.165, 1.54) is 23.5 Å². The molecule has 0 bridgehead atoms. The third-order valence-electron chi connectivity index (χ3n) is 5.86. The Labute approximate surface area is 199 Å². The number of carbonyl (C=O) groups excluding carboxylic acids is 2. The van der Waals surface area contributed by atoms with Gasteiger partial charge in [0.25, 0.3) is 5.91 Å². The molecule has 0 radical (unpaired) electrons. The van der Waals surface area contributed by atoms with Gasteiger partial charge in [-0.25, -0.2) is 0 Å². The Morgan fingerprint density at radius 1 is 1.15 bits per heavy atom. The fourth-order valence-corrected chi connectivity index (χ4v) is 4.94. The standard InChI is InChI=1S/C25H25F3N2O3S/c1-16-11-12-21(33-16)23(24(32)29-18-7-2-3-8-18)30(22(31)15-20-10-5-13-34-20)19-9-4-6-17(14-19)25(26,27)28/h4-6,9-14,18,23H,2-3,7-8,15H2,1H3,(H,29,32). The van der Waals surface area contributed by atoms with Crippen LogP contribution >= 0.6 is 11.3 Å². The molecular formula is C25H25F3N2O3S. The monoisotopic (exact) mass is 490 g/mol. The molecule has 4 rings (SSSR count). The van der Waals surface area contributed by atoms with Crippen molar-refractivity contribution in [3.05, 3.63) is 75.9 Å². The highest BCUT2D eigenvalue weighted by molar-refractivity contribution is 7.10. The summed E-state index contributed by atoms with van der Waals surface area (Å²) < 4.78 is 46.2. The molecule has 1 aliphatic carbocycles. The zero-order chi connectivity index (χ0) is 24.3. The number of rotatable bonds is 7. The largest absolute Gasteiger partial charge is 0.464 e. The number of furan rings is 1. The van der Waals surface area contributed by atoms with Gasteiger partial charge in [0.1, 0.15) is 11.5 Å². The van der Waals surface area contributed by atoms with Crippen LogP contribution in [0.25, 0.3) is 0 Å². The molecule has 1 aromatic carbocycles. The van der Waals surface area contributed by atoms with E-state index in [-0.39, 0.29) is 23.9 Å². The lowest BCUT2D eigenvalue weighted by atomic mass is 10.1. The predicted molar refractivity (Wildman–Crippen MR) is 124 cm³/mol. The molecule has 2 heterocycles. The molecule has 1 fully saturated rings. The van der Waals surface area contributed by atoms with Crippen molar-refractivity contribution in [2.45, 2.75) is 57.3 Å². The van der Waals surface area contributed by atoms with Gasteiger partial charge in [-0.2, -0.15) is 13.2 Å². The van der Waals surface area contributed by atoms with Gasteiger partial charge in [-0.3, -0.25) is 14.5 Å². The number of alkyl halides is 3. The summed E-state index contributed by atoms with van der Waals surface area (Å²) in [5.74, 6) is -0.242. The molecule has 5 nitrogen and oxygen atoms in total. The van der Waals surface area contributed by atoms with Crippen LogP contribution in [0.1, 0.15) is 53.7 Å². The highest BCUT2D eigenvalue weighted by Crippen LogP contribution is 2.36. The van der Waals surface area contributed by atoms with Crippen LogP contribution in [0.15, 0.2) is 58.3 Å². The lowest BCUT2D eigenvalue weighted by Crippen LogP contribution is -2.46. The van der Waals surface area contributed by atoms with Crippen LogP contribution in [0.2, 0.25) is 0 Å². The third kappa shape index (κ3) is 5.52. The zero-order valence-electron chi connectivity index (χ0n) is 18.6. The second-order valence-corrected chi connectivity index (χ2v) is 9.44. The molecule has 180 valence electrons. The number of anilines is 1. The van der Waals surface area contributed by atoms with Crippen LogP contribution in [0, 0.1) is 6.92 Å². The second kappa shape index (κ2) is 10.0. The maximum absolute atomic E-state index is 13.6. The van der Waals surface area contributed by atoms with Crippen molar-refractivity contribution in [2.75, 3.05) is 4.90 Å². The Bertz CT molecular complexity index is 1130. The number of carbonyl (C=O) groups is 2. The molecule has 3 aromatic rings. The van der Waals surface area contributed by atoms with E-state index in [4.69, 9.17) is 4.42 Å². The number of hydrogen-bond donors (Lipinski definition) is 1. The summed E-state index contributed by atoms with van der Waals surface area (Å²) in [5, 5.41) is 4.80.